The summed E-state index contributed by atoms with van der Waals surface area (Å²) in [7, 11) is 0. The van der Waals surface area contributed by atoms with E-state index in [4.69, 9.17) is 0 Å². The van der Waals surface area contributed by atoms with Crippen molar-refractivity contribution < 1.29 is 0 Å². The van der Waals surface area contributed by atoms with Crippen molar-refractivity contribution in [1.82, 2.24) is 0 Å². The molecule has 0 saturated heterocycles. The first-order chi connectivity index (χ1) is 13.5. The topological polar surface area (TPSA) is 0 Å². The van der Waals surface area contributed by atoms with Gasteiger partial charge in [0.25, 0.3) is 0 Å². The Hall–Kier alpha value is -0.780. The molecule has 4 aliphatic rings. The normalized spacial score (nSPS) is 42.8. The van der Waals surface area contributed by atoms with E-state index >= 15 is 0 Å². The third-order valence-electron chi connectivity index (χ3n) is 11.3. The first-order valence-corrected chi connectivity index (χ1v) is 12.7. The third-order valence-corrected chi connectivity index (χ3v) is 11.3. The van der Waals surface area contributed by atoms with Crippen molar-refractivity contribution in [2.45, 2.75) is 117 Å². The molecule has 160 valence electrons. The van der Waals surface area contributed by atoms with E-state index in [1.807, 2.05) is 0 Å². The van der Waals surface area contributed by atoms with Crippen molar-refractivity contribution in [2.75, 3.05) is 0 Å². The monoisotopic (exact) mass is 392 g/mol. The maximum Gasteiger partial charge on any atom is -0.00155 e. The Morgan fingerprint density at radius 1 is 0.793 bits per heavy atom. The van der Waals surface area contributed by atoms with Crippen molar-refractivity contribution in [1.29, 1.82) is 0 Å². The Kier molecular flexibility index (Phi) is 4.26. The van der Waals surface area contributed by atoms with Crippen LogP contribution in [0.4, 0.5) is 0 Å². The van der Waals surface area contributed by atoms with Gasteiger partial charge in [0.1, 0.15) is 0 Å². The average molecular weight is 393 g/mol. The molecule has 4 aliphatic carbocycles. The lowest BCUT2D eigenvalue weighted by Gasteiger charge is -2.63. The SMILES string of the molecule is CC(C)[C@H]1CC[C@@H]2[C@]1(C)CC[C@]1(C)c3ccc4c(c3CC[C@@]21C)CCCC4(C)C. The van der Waals surface area contributed by atoms with Crippen LogP contribution in [0.2, 0.25) is 0 Å². The molecular formula is C29H44. The van der Waals surface area contributed by atoms with E-state index in [9.17, 15) is 0 Å². The van der Waals surface area contributed by atoms with Gasteiger partial charge in [0.2, 0.25) is 0 Å². The minimum absolute atomic E-state index is 0.366. The van der Waals surface area contributed by atoms with Gasteiger partial charge in [-0.15, -0.1) is 0 Å². The molecule has 0 nitrogen and oxygen atoms in total. The summed E-state index contributed by atoms with van der Waals surface area (Å²) in [5.74, 6) is 2.67. The summed E-state index contributed by atoms with van der Waals surface area (Å²) in [5.41, 5.74) is 8.76. The summed E-state index contributed by atoms with van der Waals surface area (Å²) in [6.07, 6.45) is 12.6. The predicted molar refractivity (Wildman–Crippen MR) is 125 cm³/mol. The average Bonchev–Trinajstić information content (AvgIpc) is 3.01. The molecule has 0 unspecified atom stereocenters. The van der Waals surface area contributed by atoms with Gasteiger partial charge in [0, 0.05) is 0 Å². The van der Waals surface area contributed by atoms with Crippen LogP contribution in [0, 0.1) is 28.6 Å². The highest BCUT2D eigenvalue weighted by atomic mass is 14.7. The van der Waals surface area contributed by atoms with Crippen molar-refractivity contribution in [2.24, 2.45) is 28.6 Å². The molecule has 0 heterocycles. The lowest BCUT2D eigenvalue weighted by atomic mass is 9.41. The molecule has 0 spiro atoms. The van der Waals surface area contributed by atoms with Crippen molar-refractivity contribution in [3.8, 4) is 0 Å². The second-order valence-corrected chi connectivity index (χ2v) is 13.1. The van der Waals surface area contributed by atoms with Gasteiger partial charge in [-0.05, 0) is 119 Å². The second-order valence-electron chi connectivity index (χ2n) is 13.1. The van der Waals surface area contributed by atoms with E-state index in [1.54, 1.807) is 22.3 Å². The fourth-order valence-corrected chi connectivity index (χ4v) is 9.49. The molecule has 0 aromatic heterocycles. The highest BCUT2D eigenvalue weighted by molar-refractivity contribution is 5.51. The lowest BCUT2D eigenvalue weighted by Crippen LogP contribution is -2.58. The van der Waals surface area contributed by atoms with Crippen LogP contribution in [-0.2, 0) is 23.7 Å². The standard InChI is InChI=1S/C29H44/c1-19(2)22-12-13-25-27(22,5)17-18-28(6)24-11-10-23-20(9-8-15-26(23,3)4)21(24)14-16-29(25,28)7/h10-11,19,22,25H,8-9,12-18H2,1-7H3/t22-,25-,27-,28-,29+/m1/s1. The van der Waals surface area contributed by atoms with Gasteiger partial charge >= 0.3 is 0 Å². The highest BCUT2D eigenvalue weighted by Crippen LogP contribution is 2.71. The fraction of sp³-hybridized carbons (Fsp3) is 0.793. The Balaban J connectivity index is 1.62. The lowest BCUT2D eigenvalue weighted by molar-refractivity contribution is -0.0856. The smallest absolute Gasteiger partial charge is 0.00155 e. The molecular weight excluding hydrogens is 348 g/mol. The Labute approximate surface area is 180 Å². The summed E-state index contributed by atoms with van der Waals surface area (Å²) in [6.45, 7) is 18.0. The first-order valence-electron chi connectivity index (χ1n) is 12.7. The molecule has 0 amide bonds. The molecule has 0 bridgehead atoms. The molecule has 0 N–H and O–H groups in total. The van der Waals surface area contributed by atoms with Gasteiger partial charge < -0.3 is 0 Å². The van der Waals surface area contributed by atoms with Crippen molar-refractivity contribution >= 4 is 0 Å². The van der Waals surface area contributed by atoms with Gasteiger partial charge in [-0.25, -0.2) is 0 Å². The van der Waals surface area contributed by atoms with Crippen LogP contribution >= 0.6 is 0 Å². The zero-order chi connectivity index (χ0) is 20.8. The van der Waals surface area contributed by atoms with Gasteiger partial charge in [-0.1, -0.05) is 60.6 Å². The van der Waals surface area contributed by atoms with Gasteiger partial charge in [0.15, 0.2) is 0 Å². The van der Waals surface area contributed by atoms with E-state index in [-0.39, 0.29) is 0 Å². The van der Waals surface area contributed by atoms with Crippen LogP contribution in [0.3, 0.4) is 0 Å². The van der Waals surface area contributed by atoms with E-state index in [2.05, 4.69) is 60.6 Å². The van der Waals surface area contributed by atoms with E-state index in [0.29, 0.717) is 21.7 Å². The molecule has 1 aromatic rings. The van der Waals surface area contributed by atoms with E-state index in [1.165, 1.54) is 57.8 Å². The van der Waals surface area contributed by atoms with Crippen LogP contribution in [0.5, 0.6) is 0 Å². The Morgan fingerprint density at radius 2 is 1.48 bits per heavy atom. The molecule has 5 atom stereocenters. The first kappa shape index (κ1) is 20.1. The number of benzene rings is 1. The van der Waals surface area contributed by atoms with Crippen LogP contribution in [0.15, 0.2) is 12.1 Å². The van der Waals surface area contributed by atoms with Gasteiger partial charge in [-0.3, -0.25) is 0 Å². The zero-order valence-corrected chi connectivity index (χ0v) is 20.3. The number of fused-ring (bicyclic) bond motifs is 7. The second kappa shape index (κ2) is 6.14. The summed E-state index contributed by atoms with van der Waals surface area (Å²) in [5, 5.41) is 0. The summed E-state index contributed by atoms with van der Waals surface area (Å²) in [6, 6.07) is 5.17. The van der Waals surface area contributed by atoms with Gasteiger partial charge in [-0.2, -0.15) is 0 Å². The molecule has 29 heavy (non-hydrogen) atoms. The van der Waals surface area contributed by atoms with Crippen LogP contribution in [0.25, 0.3) is 0 Å². The van der Waals surface area contributed by atoms with Crippen molar-refractivity contribution in [3.63, 3.8) is 0 Å². The summed E-state index contributed by atoms with van der Waals surface area (Å²) < 4.78 is 0. The van der Waals surface area contributed by atoms with Gasteiger partial charge in [0.05, 0.1) is 0 Å². The minimum Gasteiger partial charge on any atom is -0.0625 e. The van der Waals surface area contributed by atoms with E-state index in [0.717, 1.165) is 17.8 Å². The van der Waals surface area contributed by atoms with Crippen LogP contribution < -0.4 is 0 Å². The highest BCUT2D eigenvalue weighted by Gasteiger charge is 2.64. The largest absolute Gasteiger partial charge is 0.0625 e. The molecule has 2 saturated carbocycles. The third kappa shape index (κ3) is 2.44. The van der Waals surface area contributed by atoms with E-state index < -0.39 is 0 Å². The molecule has 2 fully saturated rings. The van der Waals surface area contributed by atoms with Crippen LogP contribution in [-0.4, -0.2) is 0 Å². The number of hydrogen-bond donors (Lipinski definition) is 0. The number of rotatable bonds is 1. The Bertz CT molecular complexity index is 829. The quantitative estimate of drug-likeness (QED) is 0.454. The summed E-state index contributed by atoms with van der Waals surface area (Å²) >= 11 is 0. The number of hydrogen-bond acceptors (Lipinski definition) is 0. The minimum atomic E-state index is 0.366. The molecule has 0 heteroatoms. The van der Waals surface area contributed by atoms with Crippen molar-refractivity contribution in [3.05, 3.63) is 34.4 Å². The fourth-order valence-electron chi connectivity index (χ4n) is 9.49. The maximum absolute atomic E-state index is 2.71. The molecule has 0 aliphatic heterocycles. The summed E-state index contributed by atoms with van der Waals surface area (Å²) in [4.78, 5) is 0. The molecule has 5 rings (SSSR count). The maximum atomic E-state index is 2.71. The Morgan fingerprint density at radius 3 is 2.21 bits per heavy atom. The predicted octanol–water partition coefficient (Wildman–Crippen LogP) is 7.99. The molecule has 0 radical (unpaired) electrons. The zero-order valence-electron chi connectivity index (χ0n) is 20.3. The molecule has 1 aromatic carbocycles. The van der Waals surface area contributed by atoms with Crippen LogP contribution in [0.1, 0.15) is 116 Å².